The summed E-state index contributed by atoms with van der Waals surface area (Å²) in [4.78, 5) is 5.23. The van der Waals surface area contributed by atoms with E-state index in [1.165, 1.54) is 53.5 Å². The molecule has 0 unspecified atom stereocenters. The average Bonchev–Trinajstić information content (AvgIpc) is 2.86. The van der Waals surface area contributed by atoms with Crippen molar-refractivity contribution in [2.45, 2.75) is 189 Å². The van der Waals surface area contributed by atoms with Crippen molar-refractivity contribution in [1.82, 2.24) is 9.80 Å². The maximum atomic E-state index is 5.10. The summed E-state index contributed by atoms with van der Waals surface area (Å²) >= 11 is 0. The van der Waals surface area contributed by atoms with Gasteiger partial charge in [0, 0.05) is 27.6 Å². The fourth-order valence-electron chi connectivity index (χ4n) is 10.0. The van der Waals surface area contributed by atoms with E-state index >= 15 is 0 Å². The molecule has 0 aromatic heterocycles. The third kappa shape index (κ3) is 8.51. The number of rotatable bonds is 9. The molecule has 0 aliphatic carbocycles. The molecule has 1 aromatic carbocycles. The van der Waals surface area contributed by atoms with Gasteiger partial charge in [-0.25, -0.2) is 0 Å². The molecule has 0 bridgehead atoms. The maximum absolute atomic E-state index is 5.10. The normalized spacial score (nSPS) is 22.9. The molecular formula is C45H78N2. The molecule has 0 saturated carbocycles. The Balaban J connectivity index is 2.15. The second kappa shape index (κ2) is 13.1. The highest BCUT2D eigenvalue weighted by molar-refractivity contribution is 5.41. The summed E-state index contributed by atoms with van der Waals surface area (Å²) in [7, 11) is 4.65. The van der Waals surface area contributed by atoms with Crippen LogP contribution in [0, 0.1) is 23.2 Å². The molecule has 2 saturated heterocycles. The smallest absolute Gasteiger partial charge is 0.0178 e. The van der Waals surface area contributed by atoms with Gasteiger partial charge in [0.05, 0.1) is 0 Å². The number of benzene rings is 1. The van der Waals surface area contributed by atoms with Gasteiger partial charge >= 0.3 is 0 Å². The quantitative estimate of drug-likeness (QED) is 0.246. The van der Waals surface area contributed by atoms with Crippen molar-refractivity contribution >= 4 is 0 Å². The molecule has 0 radical (unpaired) electrons. The minimum atomic E-state index is -0.166. The van der Waals surface area contributed by atoms with Crippen molar-refractivity contribution in [3.05, 3.63) is 59.2 Å². The predicted octanol–water partition coefficient (Wildman–Crippen LogP) is 12.2. The van der Waals surface area contributed by atoms with Gasteiger partial charge in [0.2, 0.25) is 0 Å². The Bertz CT molecular complexity index is 1160. The summed E-state index contributed by atoms with van der Waals surface area (Å²) in [6, 6.07) is 7.52. The predicted molar refractivity (Wildman–Crippen MR) is 210 cm³/mol. The molecule has 47 heavy (non-hydrogen) atoms. The number of nitrogens with zero attached hydrogens (tertiary/aromatic N) is 2. The topological polar surface area (TPSA) is 6.48 Å². The van der Waals surface area contributed by atoms with E-state index in [9.17, 15) is 0 Å². The molecule has 2 fully saturated rings. The molecule has 2 heterocycles. The summed E-state index contributed by atoms with van der Waals surface area (Å²) in [5.74, 6) is 1.63. The standard InChI is InChI=1S/C45H78N2/c1-31(2)45(32(3)21-35-26-41(11,12)46(19)42(13,14)27-35,33(4)22-36-28-43(15,16)47(20)44(17,18)29-36)30-34-23-37(39(5,6)7)25-38(24-34)40(8,9)10/h23-25,31,35-36H,3-4,21-22,26-30H2,1-2,5-20H3. The summed E-state index contributed by atoms with van der Waals surface area (Å²) in [6.45, 7) is 48.8. The minimum absolute atomic E-state index is 0.0844. The highest BCUT2D eigenvalue weighted by Gasteiger charge is 2.48. The van der Waals surface area contributed by atoms with E-state index in [1.54, 1.807) is 0 Å². The molecule has 0 spiro atoms. The SMILES string of the molecule is C=C(CC1CC(C)(C)N(C)C(C)(C)C1)C(Cc1cc(C(C)(C)C)cc(C(C)(C)C)c1)(C(=C)CC1CC(C)(C)N(C)C(C)(C)C1)C(C)C. The molecule has 2 heteroatoms. The molecule has 2 aliphatic rings. The summed E-state index contributed by atoms with van der Waals surface area (Å²) in [5.41, 5.74) is 7.83. The van der Waals surface area contributed by atoms with Crippen molar-refractivity contribution in [3.63, 3.8) is 0 Å². The van der Waals surface area contributed by atoms with Crippen LogP contribution >= 0.6 is 0 Å². The van der Waals surface area contributed by atoms with Gasteiger partial charge in [-0.15, -0.1) is 0 Å². The number of piperidine rings is 2. The molecule has 0 amide bonds. The van der Waals surface area contributed by atoms with Gasteiger partial charge in [0.15, 0.2) is 0 Å². The first-order valence-electron chi connectivity index (χ1n) is 18.9. The second-order valence-electron chi connectivity index (χ2n) is 21.3. The van der Waals surface area contributed by atoms with Crippen LogP contribution < -0.4 is 0 Å². The van der Waals surface area contributed by atoms with E-state index in [-0.39, 0.29) is 38.4 Å². The zero-order valence-corrected chi connectivity index (χ0v) is 34.7. The lowest BCUT2D eigenvalue weighted by molar-refractivity contribution is -0.0320. The van der Waals surface area contributed by atoms with Crippen LogP contribution in [0.1, 0.15) is 166 Å². The Morgan fingerprint density at radius 2 is 0.936 bits per heavy atom. The Morgan fingerprint density at radius 3 is 1.19 bits per heavy atom. The monoisotopic (exact) mass is 647 g/mol. The van der Waals surface area contributed by atoms with Crippen LogP contribution in [0.2, 0.25) is 0 Å². The van der Waals surface area contributed by atoms with Crippen LogP contribution in [0.15, 0.2) is 42.5 Å². The maximum Gasteiger partial charge on any atom is 0.0178 e. The van der Waals surface area contributed by atoms with Crippen molar-refractivity contribution in [3.8, 4) is 0 Å². The first-order chi connectivity index (χ1) is 21.0. The first kappa shape index (κ1) is 40.1. The van der Waals surface area contributed by atoms with Crippen LogP contribution in [0.25, 0.3) is 0 Å². The molecule has 2 aliphatic heterocycles. The number of likely N-dealkylation sites (tertiary alicyclic amines) is 2. The van der Waals surface area contributed by atoms with Crippen molar-refractivity contribution in [1.29, 1.82) is 0 Å². The molecule has 268 valence electrons. The summed E-state index contributed by atoms with van der Waals surface area (Å²) < 4.78 is 0. The van der Waals surface area contributed by atoms with Crippen molar-refractivity contribution < 1.29 is 0 Å². The zero-order valence-electron chi connectivity index (χ0n) is 34.7. The van der Waals surface area contributed by atoms with E-state index in [0.29, 0.717) is 17.8 Å². The van der Waals surface area contributed by atoms with Crippen molar-refractivity contribution in [2.24, 2.45) is 23.2 Å². The molecular weight excluding hydrogens is 569 g/mol. The van der Waals surface area contributed by atoms with Crippen molar-refractivity contribution in [2.75, 3.05) is 14.1 Å². The van der Waals surface area contributed by atoms with E-state index in [4.69, 9.17) is 13.2 Å². The third-order valence-corrected chi connectivity index (χ3v) is 13.3. The lowest BCUT2D eigenvalue weighted by Crippen LogP contribution is -2.58. The fraction of sp³-hybridized carbons (Fsp3) is 0.778. The lowest BCUT2D eigenvalue weighted by atomic mass is 9.58. The molecule has 0 N–H and O–H groups in total. The Hall–Kier alpha value is -1.38. The average molecular weight is 647 g/mol. The van der Waals surface area contributed by atoms with Gasteiger partial charge in [-0.3, -0.25) is 9.80 Å². The minimum Gasteiger partial charge on any atom is -0.296 e. The van der Waals surface area contributed by atoms with Crippen LogP contribution in [-0.4, -0.2) is 46.1 Å². The van der Waals surface area contributed by atoms with Gasteiger partial charge in [-0.2, -0.15) is 0 Å². The molecule has 1 aromatic rings. The van der Waals surface area contributed by atoms with Crippen LogP contribution in [0.3, 0.4) is 0 Å². The van der Waals surface area contributed by atoms with Crippen LogP contribution in [-0.2, 0) is 17.3 Å². The van der Waals surface area contributed by atoms with Gasteiger partial charge in [0.25, 0.3) is 0 Å². The highest BCUT2D eigenvalue weighted by Crippen LogP contribution is 2.53. The Morgan fingerprint density at radius 1 is 0.638 bits per heavy atom. The Kier molecular flexibility index (Phi) is 11.1. The summed E-state index contributed by atoms with van der Waals surface area (Å²) in [5, 5.41) is 0. The van der Waals surface area contributed by atoms with Gasteiger partial charge < -0.3 is 0 Å². The largest absolute Gasteiger partial charge is 0.296 e. The number of allylic oxidation sites excluding steroid dienone is 2. The van der Waals surface area contributed by atoms with Gasteiger partial charge in [-0.1, -0.05) is 97.9 Å². The van der Waals surface area contributed by atoms with E-state index in [0.717, 1.165) is 19.3 Å². The van der Waals surface area contributed by atoms with E-state index in [2.05, 4.69) is 153 Å². The lowest BCUT2D eigenvalue weighted by Gasteiger charge is -2.55. The molecule has 0 atom stereocenters. The second-order valence-corrected chi connectivity index (χ2v) is 21.3. The van der Waals surface area contributed by atoms with Gasteiger partial charge in [0.1, 0.15) is 0 Å². The fourth-order valence-corrected chi connectivity index (χ4v) is 10.0. The molecule has 3 rings (SSSR count). The van der Waals surface area contributed by atoms with Crippen LogP contribution in [0.4, 0.5) is 0 Å². The number of hydrogen-bond donors (Lipinski definition) is 0. The number of hydrogen-bond acceptors (Lipinski definition) is 2. The van der Waals surface area contributed by atoms with Gasteiger partial charge in [-0.05, 0) is 160 Å². The Labute approximate surface area is 294 Å². The molecule has 2 nitrogen and oxygen atoms in total. The first-order valence-corrected chi connectivity index (χ1v) is 18.9. The van der Waals surface area contributed by atoms with E-state index in [1.807, 2.05) is 0 Å². The highest BCUT2D eigenvalue weighted by atomic mass is 15.2. The zero-order chi connectivity index (χ0) is 36.3. The third-order valence-electron chi connectivity index (χ3n) is 13.3. The van der Waals surface area contributed by atoms with E-state index < -0.39 is 0 Å². The summed E-state index contributed by atoms with van der Waals surface area (Å²) in [6.07, 6.45) is 7.96. The van der Waals surface area contributed by atoms with Crippen LogP contribution in [0.5, 0.6) is 0 Å².